The van der Waals surface area contributed by atoms with Crippen LogP contribution in [0.25, 0.3) is 0 Å². The summed E-state index contributed by atoms with van der Waals surface area (Å²) in [5, 5.41) is 11.6. The number of nitrogens with one attached hydrogen (secondary N) is 1. The van der Waals surface area contributed by atoms with Crippen molar-refractivity contribution < 1.29 is 24.2 Å². The normalized spacial score (nSPS) is 11.4. The van der Waals surface area contributed by atoms with Crippen LogP contribution >= 0.6 is 0 Å². The molecule has 1 unspecified atom stereocenters. The lowest BCUT2D eigenvalue weighted by molar-refractivity contribution is -0.122. The summed E-state index contributed by atoms with van der Waals surface area (Å²) in [7, 11) is 1.56. The van der Waals surface area contributed by atoms with Crippen molar-refractivity contribution in [2.45, 2.75) is 19.4 Å². The van der Waals surface area contributed by atoms with Gasteiger partial charge in [-0.2, -0.15) is 0 Å². The van der Waals surface area contributed by atoms with Crippen molar-refractivity contribution in [2.24, 2.45) is 0 Å². The summed E-state index contributed by atoms with van der Waals surface area (Å²) in [4.78, 5) is 23.2. The first-order valence-electron chi connectivity index (χ1n) is 7.48. The van der Waals surface area contributed by atoms with E-state index in [9.17, 15) is 9.59 Å². The van der Waals surface area contributed by atoms with E-state index in [1.54, 1.807) is 43.5 Å². The number of aromatic carboxylic acids is 1. The summed E-state index contributed by atoms with van der Waals surface area (Å²) >= 11 is 0. The molecule has 1 atom stereocenters. The van der Waals surface area contributed by atoms with E-state index in [0.717, 1.165) is 0 Å². The van der Waals surface area contributed by atoms with E-state index in [1.165, 1.54) is 12.1 Å². The molecule has 1 amide bonds. The Morgan fingerprint density at radius 1 is 1.12 bits per heavy atom. The smallest absolute Gasteiger partial charge is 0.335 e. The highest BCUT2D eigenvalue weighted by atomic mass is 16.5. The van der Waals surface area contributed by atoms with Gasteiger partial charge in [0, 0.05) is 11.8 Å². The second-order valence-electron chi connectivity index (χ2n) is 5.07. The van der Waals surface area contributed by atoms with E-state index in [0.29, 0.717) is 23.6 Å². The minimum atomic E-state index is -1.01. The third-order valence-corrected chi connectivity index (χ3v) is 3.38. The zero-order valence-corrected chi connectivity index (χ0v) is 13.5. The first-order valence-corrected chi connectivity index (χ1v) is 7.48. The highest BCUT2D eigenvalue weighted by molar-refractivity contribution is 5.95. The van der Waals surface area contributed by atoms with E-state index in [1.807, 2.05) is 6.92 Å². The van der Waals surface area contributed by atoms with E-state index >= 15 is 0 Å². The number of benzene rings is 2. The van der Waals surface area contributed by atoms with Crippen LogP contribution in [0.15, 0.2) is 48.5 Å². The molecule has 0 aromatic heterocycles. The number of hydrogen-bond acceptors (Lipinski definition) is 4. The maximum Gasteiger partial charge on any atom is 0.335 e. The van der Waals surface area contributed by atoms with Gasteiger partial charge in [0.25, 0.3) is 5.91 Å². The number of ether oxygens (including phenoxy) is 2. The molecule has 24 heavy (non-hydrogen) atoms. The molecule has 2 N–H and O–H groups in total. The fourth-order valence-electron chi connectivity index (χ4n) is 2.08. The lowest BCUT2D eigenvalue weighted by Gasteiger charge is -2.17. The van der Waals surface area contributed by atoms with Crippen molar-refractivity contribution in [3.8, 4) is 11.5 Å². The summed E-state index contributed by atoms with van der Waals surface area (Å²) in [5.41, 5.74) is 0.672. The third kappa shape index (κ3) is 4.49. The molecule has 2 rings (SSSR count). The fraction of sp³-hybridized carbons (Fsp3) is 0.222. The molecular weight excluding hydrogens is 310 g/mol. The first-order chi connectivity index (χ1) is 11.5. The quantitative estimate of drug-likeness (QED) is 0.815. The molecule has 0 bridgehead atoms. The van der Waals surface area contributed by atoms with Gasteiger partial charge in [-0.05, 0) is 42.8 Å². The monoisotopic (exact) mass is 329 g/mol. The van der Waals surface area contributed by atoms with Crippen LogP contribution in [0.5, 0.6) is 11.5 Å². The maximum atomic E-state index is 12.3. The van der Waals surface area contributed by atoms with E-state index in [4.69, 9.17) is 14.6 Å². The van der Waals surface area contributed by atoms with Crippen molar-refractivity contribution in [3.05, 3.63) is 54.1 Å². The van der Waals surface area contributed by atoms with Crippen LogP contribution in [-0.2, 0) is 4.79 Å². The molecule has 0 aliphatic heterocycles. The predicted molar refractivity (Wildman–Crippen MR) is 89.7 cm³/mol. The number of rotatable bonds is 7. The Kier molecular flexibility index (Phi) is 5.78. The van der Waals surface area contributed by atoms with Crippen molar-refractivity contribution >= 4 is 17.6 Å². The lowest BCUT2D eigenvalue weighted by Crippen LogP contribution is -2.32. The Hall–Kier alpha value is -3.02. The highest BCUT2D eigenvalue weighted by Gasteiger charge is 2.19. The van der Waals surface area contributed by atoms with Crippen LogP contribution in [0.4, 0.5) is 5.69 Å². The largest absolute Gasteiger partial charge is 0.497 e. The summed E-state index contributed by atoms with van der Waals surface area (Å²) in [6.45, 7) is 1.85. The number of carbonyl (C=O) groups excluding carboxylic acids is 1. The SMILES string of the molecule is CCC(Oc1cccc(OC)c1)C(=O)Nc1ccc(C(=O)O)cc1. The average molecular weight is 329 g/mol. The maximum absolute atomic E-state index is 12.3. The number of methoxy groups -OCH3 is 1. The van der Waals surface area contributed by atoms with Crippen LogP contribution < -0.4 is 14.8 Å². The molecule has 0 saturated carbocycles. The topological polar surface area (TPSA) is 84.9 Å². The van der Waals surface area contributed by atoms with Gasteiger partial charge in [-0.15, -0.1) is 0 Å². The molecule has 6 heteroatoms. The third-order valence-electron chi connectivity index (χ3n) is 3.38. The van der Waals surface area contributed by atoms with Crippen LogP contribution in [0.3, 0.4) is 0 Å². The molecule has 0 fully saturated rings. The second-order valence-corrected chi connectivity index (χ2v) is 5.07. The second kappa shape index (κ2) is 8.01. The molecular formula is C18H19NO5. The van der Waals surface area contributed by atoms with E-state index in [2.05, 4.69) is 5.32 Å². The van der Waals surface area contributed by atoms with Crippen LogP contribution in [-0.4, -0.2) is 30.2 Å². The van der Waals surface area contributed by atoms with Gasteiger partial charge in [-0.1, -0.05) is 13.0 Å². The standard InChI is InChI=1S/C18H19NO5/c1-3-16(24-15-6-4-5-14(11-15)23-2)17(20)19-13-9-7-12(8-10-13)18(21)22/h4-11,16H,3H2,1-2H3,(H,19,20)(H,21,22). The number of carbonyl (C=O) groups is 2. The minimum Gasteiger partial charge on any atom is -0.497 e. The predicted octanol–water partition coefficient (Wildman–Crippen LogP) is 3.19. The summed E-state index contributed by atoms with van der Waals surface area (Å²) in [5.74, 6) is -0.131. The average Bonchev–Trinajstić information content (AvgIpc) is 2.60. The van der Waals surface area contributed by atoms with Crippen molar-refractivity contribution in [2.75, 3.05) is 12.4 Å². The number of anilines is 1. The van der Waals surface area contributed by atoms with Gasteiger partial charge < -0.3 is 19.9 Å². The van der Waals surface area contributed by atoms with Gasteiger partial charge in [0.15, 0.2) is 6.10 Å². The van der Waals surface area contributed by atoms with Crippen LogP contribution in [0.1, 0.15) is 23.7 Å². The Balaban J connectivity index is 2.03. The fourth-order valence-corrected chi connectivity index (χ4v) is 2.08. The first kappa shape index (κ1) is 17.3. The Morgan fingerprint density at radius 3 is 2.38 bits per heavy atom. The number of carboxylic acid groups (broad SMARTS) is 1. The summed E-state index contributed by atoms with van der Waals surface area (Å²) in [6, 6.07) is 13.0. The zero-order chi connectivity index (χ0) is 17.5. The summed E-state index contributed by atoms with van der Waals surface area (Å²) in [6.07, 6.45) is -0.188. The molecule has 126 valence electrons. The van der Waals surface area contributed by atoms with Gasteiger partial charge in [0.05, 0.1) is 12.7 Å². The van der Waals surface area contributed by atoms with Gasteiger partial charge in [0.1, 0.15) is 11.5 Å². The Morgan fingerprint density at radius 2 is 1.79 bits per heavy atom. The zero-order valence-electron chi connectivity index (χ0n) is 13.5. The highest BCUT2D eigenvalue weighted by Crippen LogP contribution is 2.21. The van der Waals surface area contributed by atoms with Gasteiger partial charge in [-0.25, -0.2) is 4.79 Å². The molecule has 0 spiro atoms. The van der Waals surface area contributed by atoms with Crippen molar-refractivity contribution in [3.63, 3.8) is 0 Å². The van der Waals surface area contributed by atoms with E-state index < -0.39 is 12.1 Å². The molecule has 0 aliphatic carbocycles. The number of hydrogen-bond donors (Lipinski definition) is 2. The van der Waals surface area contributed by atoms with Gasteiger partial charge in [0.2, 0.25) is 0 Å². The molecule has 2 aromatic rings. The minimum absolute atomic E-state index is 0.160. The molecule has 0 heterocycles. The van der Waals surface area contributed by atoms with Crippen molar-refractivity contribution in [1.82, 2.24) is 0 Å². The molecule has 0 saturated heterocycles. The van der Waals surface area contributed by atoms with Gasteiger partial charge >= 0.3 is 5.97 Å². The molecule has 2 aromatic carbocycles. The molecule has 0 aliphatic rings. The number of amides is 1. The molecule has 0 radical (unpaired) electrons. The van der Waals surface area contributed by atoms with Gasteiger partial charge in [-0.3, -0.25) is 4.79 Å². The Labute approximate surface area is 140 Å². The van der Waals surface area contributed by atoms with Crippen LogP contribution in [0, 0.1) is 0 Å². The lowest BCUT2D eigenvalue weighted by atomic mass is 10.2. The van der Waals surface area contributed by atoms with Crippen LogP contribution in [0.2, 0.25) is 0 Å². The van der Waals surface area contributed by atoms with E-state index in [-0.39, 0.29) is 11.5 Å². The Bertz CT molecular complexity index is 712. The van der Waals surface area contributed by atoms with Crippen molar-refractivity contribution in [1.29, 1.82) is 0 Å². The molecule has 6 nitrogen and oxygen atoms in total. The summed E-state index contributed by atoms with van der Waals surface area (Å²) < 4.78 is 10.8. The number of carboxylic acids is 1.